The highest BCUT2D eigenvalue weighted by Crippen LogP contribution is 2.27. The maximum Gasteiger partial charge on any atom is 0.124 e. The standard InChI is InChI=1S/C13H21NO/c1-4-6-12(14)11-9-10(3)7-8-13(11)15-5-2/h7-9,12H,4-6,14H2,1-3H3. The van der Waals surface area contributed by atoms with E-state index in [-0.39, 0.29) is 6.04 Å². The highest BCUT2D eigenvalue weighted by molar-refractivity contribution is 5.39. The topological polar surface area (TPSA) is 35.2 Å². The smallest absolute Gasteiger partial charge is 0.124 e. The van der Waals surface area contributed by atoms with Gasteiger partial charge in [-0.1, -0.05) is 31.0 Å². The number of nitrogens with two attached hydrogens (primary N) is 1. The molecule has 1 aromatic carbocycles. The van der Waals surface area contributed by atoms with E-state index in [1.807, 2.05) is 13.0 Å². The summed E-state index contributed by atoms with van der Waals surface area (Å²) in [6, 6.07) is 6.30. The van der Waals surface area contributed by atoms with Gasteiger partial charge in [0, 0.05) is 11.6 Å². The molecule has 0 aliphatic carbocycles. The lowest BCUT2D eigenvalue weighted by atomic mass is 10.0. The van der Waals surface area contributed by atoms with Crippen molar-refractivity contribution in [2.75, 3.05) is 6.61 Å². The Morgan fingerprint density at radius 3 is 2.67 bits per heavy atom. The summed E-state index contributed by atoms with van der Waals surface area (Å²) >= 11 is 0. The van der Waals surface area contributed by atoms with E-state index >= 15 is 0 Å². The molecule has 2 heteroatoms. The first-order valence-corrected chi connectivity index (χ1v) is 5.68. The fourth-order valence-electron chi connectivity index (χ4n) is 1.71. The van der Waals surface area contributed by atoms with Gasteiger partial charge in [-0.3, -0.25) is 0 Å². The van der Waals surface area contributed by atoms with Crippen LogP contribution in [0.2, 0.25) is 0 Å². The molecular weight excluding hydrogens is 186 g/mol. The van der Waals surface area contributed by atoms with E-state index in [0.717, 1.165) is 24.2 Å². The monoisotopic (exact) mass is 207 g/mol. The van der Waals surface area contributed by atoms with Crippen molar-refractivity contribution in [2.24, 2.45) is 5.73 Å². The lowest BCUT2D eigenvalue weighted by Gasteiger charge is -2.16. The number of hydrogen-bond donors (Lipinski definition) is 1. The Labute approximate surface area is 92.4 Å². The third-order valence-electron chi connectivity index (χ3n) is 2.46. The molecule has 0 radical (unpaired) electrons. The maximum atomic E-state index is 6.13. The van der Waals surface area contributed by atoms with Gasteiger partial charge >= 0.3 is 0 Å². The van der Waals surface area contributed by atoms with Gasteiger partial charge in [-0.05, 0) is 26.3 Å². The number of benzene rings is 1. The first kappa shape index (κ1) is 12.1. The number of hydrogen-bond acceptors (Lipinski definition) is 2. The summed E-state index contributed by atoms with van der Waals surface area (Å²) in [5.41, 5.74) is 8.50. The summed E-state index contributed by atoms with van der Waals surface area (Å²) in [6.45, 7) is 6.91. The SMILES string of the molecule is CCCC(N)c1cc(C)ccc1OCC. The van der Waals surface area contributed by atoms with E-state index in [9.17, 15) is 0 Å². The molecule has 0 fully saturated rings. The van der Waals surface area contributed by atoms with Crippen molar-refractivity contribution < 1.29 is 4.74 Å². The van der Waals surface area contributed by atoms with Crippen LogP contribution in [0.1, 0.15) is 43.9 Å². The first-order chi connectivity index (χ1) is 7.19. The summed E-state index contributed by atoms with van der Waals surface area (Å²) in [7, 11) is 0. The summed E-state index contributed by atoms with van der Waals surface area (Å²) in [4.78, 5) is 0. The van der Waals surface area contributed by atoms with Crippen LogP contribution in [-0.2, 0) is 0 Å². The predicted molar refractivity (Wildman–Crippen MR) is 64.2 cm³/mol. The minimum atomic E-state index is 0.0939. The Bertz CT molecular complexity index is 309. The Balaban J connectivity index is 2.95. The zero-order chi connectivity index (χ0) is 11.3. The van der Waals surface area contributed by atoms with Crippen molar-refractivity contribution in [2.45, 2.75) is 39.7 Å². The zero-order valence-corrected chi connectivity index (χ0v) is 9.92. The van der Waals surface area contributed by atoms with E-state index in [1.165, 1.54) is 5.56 Å². The van der Waals surface area contributed by atoms with E-state index in [4.69, 9.17) is 10.5 Å². The van der Waals surface area contributed by atoms with Gasteiger partial charge in [0.05, 0.1) is 6.61 Å². The molecule has 0 aromatic heterocycles. The zero-order valence-electron chi connectivity index (χ0n) is 9.92. The summed E-state index contributed by atoms with van der Waals surface area (Å²) in [5.74, 6) is 0.934. The van der Waals surface area contributed by atoms with Crippen molar-refractivity contribution in [3.05, 3.63) is 29.3 Å². The van der Waals surface area contributed by atoms with Gasteiger partial charge in [-0.25, -0.2) is 0 Å². The lowest BCUT2D eigenvalue weighted by molar-refractivity contribution is 0.333. The van der Waals surface area contributed by atoms with Crippen LogP contribution in [-0.4, -0.2) is 6.61 Å². The molecule has 0 saturated heterocycles. The van der Waals surface area contributed by atoms with E-state index in [2.05, 4.69) is 26.0 Å². The number of aryl methyl sites for hydroxylation is 1. The molecule has 84 valence electrons. The highest BCUT2D eigenvalue weighted by atomic mass is 16.5. The molecule has 1 rings (SSSR count). The molecule has 0 saturated carbocycles. The predicted octanol–water partition coefficient (Wildman–Crippen LogP) is 3.19. The average molecular weight is 207 g/mol. The van der Waals surface area contributed by atoms with Gasteiger partial charge in [-0.2, -0.15) is 0 Å². The molecule has 0 bridgehead atoms. The number of ether oxygens (including phenoxy) is 1. The molecule has 2 nitrogen and oxygen atoms in total. The molecule has 2 N–H and O–H groups in total. The Morgan fingerprint density at radius 2 is 2.07 bits per heavy atom. The Kier molecular flexibility index (Phi) is 4.63. The molecule has 1 unspecified atom stereocenters. The largest absolute Gasteiger partial charge is 0.494 e. The van der Waals surface area contributed by atoms with E-state index in [1.54, 1.807) is 0 Å². The summed E-state index contributed by atoms with van der Waals surface area (Å²) in [6.07, 6.45) is 2.10. The van der Waals surface area contributed by atoms with Crippen LogP contribution in [0, 0.1) is 6.92 Å². The van der Waals surface area contributed by atoms with Gasteiger partial charge < -0.3 is 10.5 Å². The highest BCUT2D eigenvalue weighted by Gasteiger charge is 2.11. The molecule has 15 heavy (non-hydrogen) atoms. The normalized spacial score (nSPS) is 12.5. The third-order valence-corrected chi connectivity index (χ3v) is 2.46. The van der Waals surface area contributed by atoms with E-state index < -0.39 is 0 Å². The summed E-state index contributed by atoms with van der Waals surface area (Å²) in [5, 5.41) is 0. The second kappa shape index (κ2) is 5.76. The van der Waals surface area contributed by atoms with Crippen LogP contribution >= 0.6 is 0 Å². The molecule has 0 aliphatic heterocycles. The van der Waals surface area contributed by atoms with Crippen LogP contribution in [0.25, 0.3) is 0 Å². The molecule has 0 aliphatic rings. The van der Waals surface area contributed by atoms with Crippen LogP contribution < -0.4 is 10.5 Å². The van der Waals surface area contributed by atoms with Gasteiger partial charge in [0.2, 0.25) is 0 Å². The lowest BCUT2D eigenvalue weighted by Crippen LogP contribution is -2.12. The van der Waals surface area contributed by atoms with Crippen molar-refractivity contribution in [3.8, 4) is 5.75 Å². The summed E-state index contributed by atoms with van der Waals surface area (Å²) < 4.78 is 5.58. The van der Waals surface area contributed by atoms with Crippen LogP contribution in [0.15, 0.2) is 18.2 Å². The quantitative estimate of drug-likeness (QED) is 0.804. The fraction of sp³-hybridized carbons (Fsp3) is 0.538. The molecule has 0 amide bonds. The fourth-order valence-corrected chi connectivity index (χ4v) is 1.71. The third kappa shape index (κ3) is 3.24. The van der Waals surface area contributed by atoms with Crippen LogP contribution in [0.4, 0.5) is 0 Å². The van der Waals surface area contributed by atoms with E-state index in [0.29, 0.717) is 6.61 Å². The van der Waals surface area contributed by atoms with Crippen molar-refractivity contribution in [3.63, 3.8) is 0 Å². The molecule has 0 spiro atoms. The van der Waals surface area contributed by atoms with Crippen molar-refractivity contribution in [1.29, 1.82) is 0 Å². The first-order valence-electron chi connectivity index (χ1n) is 5.68. The maximum absolute atomic E-state index is 6.13. The number of rotatable bonds is 5. The minimum Gasteiger partial charge on any atom is -0.494 e. The minimum absolute atomic E-state index is 0.0939. The molecular formula is C13H21NO. The van der Waals surface area contributed by atoms with Gasteiger partial charge in [0.15, 0.2) is 0 Å². The molecule has 1 aromatic rings. The Morgan fingerprint density at radius 1 is 1.33 bits per heavy atom. The van der Waals surface area contributed by atoms with Gasteiger partial charge in [0.1, 0.15) is 5.75 Å². The van der Waals surface area contributed by atoms with Crippen LogP contribution in [0.3, 0.4) is 0 Å². The van der Waals surface area contributed by atoms with Gasteiger partial charge in [0.25, 0.3) is 0 Å². The Hall–Kier alpha value is -1.02. The molecule has 0 heterocycles. The van der Waals surface area contributed by atoms with Gasteiger partial charge in [-0.15, -0.1) is 0 Å². The van der Waals surface area contributed by atoms with Crippen molar-refractivity contribution >= 4 is 0 Å². The van der Waals surface area contributed by atoms with Crippen LogP contribution in [0.5, 0.6) is 5.75 Å². The second-order valence-electron chi connectivity index (χ2n) is 3.87. The van der Waals surface area contributed by atoms with Crippen molar-refractivity contribution in [1.82, 2.24) is 0 Å². The molecule has 1 atom stereocenters. The average Bonchev–Trinajstić information content (AvgIpc) is 2.21. The second-order valence-corrected chi connectivity index (χ2v) is 3.87.